The first-order valence-electron chi connectivity index (χ1n) is 8.25. The first-order chi connectivity index (χ1) is 12.2. The zero-order valence-corrected chi connectivity index (χ0v) is 15.5. The molecule has 138 valence electrons. The average molecular weight is 377 g/mol. The van der Waals surface area contributed by atoms with E-state index in [1.807, 2.05) is 38.1 Å². The normalized spacial score (nSPS) is 12.3. The highest BCUT2D eigenvalue weighted by atomic mass is 35.5. The van der Waals surface area contributed by atoms with Gasteiger partial charge in [-0.1, -0.05) is 6.07 Å². The van der Waals surface area contributed by atoms with Crippen molar-refractivity contribution < 1.29 is 19.3 Å². The van der Waals surface area contributed by atoms with Gasteiger partial charge in [0.15, 0.2) is 11.5 Å². The summed E-state index contributed by atoms with van der Waals surface area (Å²) in [4.78, 5) is 4.49. The van der Waals surface area contributed by atoms with Crippen molar-refractivity contribution >= 4 is 23.4 Å². The van der Waals surface area contributed by atoms with Crippen LogP contribution >= 0.6 is 12.4 Å². The SMILES string of the molecule is Cc1c(C)n(CCO)c2c(OCc3ccc4c(c3)OCO4)ccnc12.Cl. The number of aromatic nitrogens is 2. The van der Waals surface area contributed by atoms with Crippen LogP contribution in [0.4, 0.5) is 0 Å². The number of halogens is 1. The van der Waals surface area contributed by atoms with E-state index in [0.717, 1.165) is 45.1 Å². The molecule has 0 unspecified atom stereocenters. The maximum absolute atomic E-state index is 9.39. The standard InChI is InChI=1S/C19H20N2O4.ClH/c1-12-13(2)21(7-8-22)19-16(5-6-20-18(12)19)23-10-14-3-4-15-17(9-14)25-11-24-15;/h3-6,9,22H,7-8,10-11H2,1-2H3;1H. The number of fused-ring (bicyclic) bond motifs is 2. The molecule has 3 aromatic rings. The molecule has 0 fully saturated rings. The Morgan fingerprint density at radius 1 is 1.19 bits per heavy atom. The van der Waals surface area contributed by atoms with Gasteiger partial charge in [-0.2, -0.15) is 0 Å². The van der Waals surface area contributed by atoms with E-state index in [0.29, 0.717) is 13.2 Å². The van der Waals surface area contributed by atoms with Gasteiger partial charge < -0.3 is 23.9 Å². The second-order valence-corrected chi connectivity index (χ2v) is 6.07. The average Bonchev–Trinajstić information content (AvgIpc) is 3.19. The minimum absolute atomic E-state index is 0. The number of pyridine rings is 1. The van der Waals surface area contributed by atoms with Crippen LogP contribution in [0.15, 0.2) is 30.5 Å². The Bertz CT molecular complexity index is 939. The van der Waals surface area contributed by atoms with Gasteiger partial charge in [-0.3, -0.25) is 4.98 Å². The number of rotatable bonds is 5. The molecule has 2 aromatic heterocycles. The van der Waals surface area contributed by atoms with Gasteiger partial charge >= 0.3 is 0 Å². The summed E-state index contributed by atoms with van der Waals surface area (Å²) < 4.78 is 18.9. The van der Waals surface area contributed by atoms with Crippen molar-refractivity contribution in [2.75, 3.05) is 13.4 Å². The van der Waals surface area contributed by atoms with Crippen molar-refractivity contribution in [3.05, 3.63) is 47.3 Å². The van der Waals surface area contributed by atoms with E-state index >= 15 is 0 Å². The lowest BCUT2D eigenvalue weighted by Gasteiger charge is -2.12. The summed E-state index contributed by atoms with van der Waals surface area (Å²) in [5.74, 6) is 2.27. The predicted octanol–water partition coefficient (Wildman–Crippen LogP) is 3.37. The fourth-order valence-electron chi connectivity index (χ4n) is 3.20. The number of hydrogen-bond acceptors (Lipinski definition) is 5. The van der Waals surface area contributed by atoms with Crippen LogP contribution in [0, 0.1) is 13.8 Å². The van der Waals surface area contributed by atoms with Gasteiger partial charge in [0.25, 0.3) is 0 Å². The highest BCUT2D eigenvalue weighted by Gasteiger charge is 2.17. The summed E-state index contributed by atoms with van der Waals surface area (Å²) in [6.45, 7) is 5.34. The van der Waals surface area contributed by atoms with Crippen LogP contribution in [0.2, 0.25) is 0 Å². The quantitative estimate of drug-likeness (QED) is 0.739. The van der Waals surface area contributed by atoms with Crippen molar-refractivity contribution in [2.45, 2.75) is 27.0 Å². The molecule has 0 saturated heterocycles. The molecule has 4 rings (SSSR count). The van der Waals surface area contributed by atoms with Gasteiger partial charge in [-0.25, -0.2) is 0 Å². The lowest BCUT2D eigenvalue weighted by Crippen LogP contribution is -2.05. The smallest absolute Gasteiger partial charge is 0.231 e. The Morgan fingerprint density at radius 2 is 2.00 bits per heavy atom. The zero-order valence-electron chi connectivity index (χ0n) is 14.7. The molecule has 1 N–H and O–H groups in total. The first-order valence-corrected chi connectivity index (χ1v) is 8.25. The van der Waals surface area contributed by atoms with Crippen LogP contribution in [0.1, 0.15) is 16.8 Å². The topological polar surface area (TPSA) is 65.7 Å². The Hall–Kier alpha value is -2.44. The van der Waals surface area contributed by atoms with Crippen molar-refractivity contribution in [1.82, 2.24) is 9.55 Å². The van der Waals surface area contributed by atoms with Gasteiger partial charge in [0, 0.05) is 24.5 Å². The fraction of sp³-hybridized carbons (Fsp3) is 0.316. The number of nitrogens with zero attached hydrogens (tertiary/aromatic N) is 2. The molecule has 1 aliphatic rings. The van der Waals surface area contributed by atoms with Crippen molar-refractivity contribution in [1.29, 1.82) is 0 Å². The molecule has 3 heterocycles. The number of aliphatic hydroxyl groups excluding tert-OH is 1. The Labute approximate surface area is 157 Å². The number of benzene rings is 1. The summed E-state index contributed by atoms with van der Waals surface area (Å²) in [7, 11) is 0. The van der Waals surface area contributed by atoms with E-state index in [4.69, 9.17) is 14.2 Å². The van der Waals surface area contributed by atoms with E-state index in [1.165, 1.54) is 0 Å². The summed E-state index contributed by atoms with van der Waals surface area (Å²) in [6.07, 6.45) is 1.76. The molecule has 0 saturated carbocycles. The summed E-state index contributed by atoms with van der Waals surface area (Å²) in [6, 6.07) is 7.66. The van der Waals surface area contributed by atoms with E-state index in [9.17, 15) is 5.11 Å². The van der Waals surface area contributed by atoms with Crippen molar-refractivity contribution in [3.63, 3.8) is 0 Å². The maximum atomic E-state index is 9.39. The second-order valence-electron chi connectivity index (χ2n) is 6.07. The molecule has 1 aromatic carbocycles. The second kappa shape index (κ2) is 7.43. The highest BCUT2D eigenvalue weighted by molar-refractivity contribution is 5.86. The van der Waals surface area contributed by atoms with Crippen LogP contribution in [0.3, 0.4) is 0 Å². The van der Waals surface area contributed by atoms with Gasteiger partial charge in [-0.15, -0.1) is 12.4 Å². The molecule has 0 radical (unpaired) electrons. The van der Waals surface area contributed by atoms with Crippen LogP contribution in [-0.4, -0.2) is 28.1 Å². The number of aliphatic hydroxyl groups is 1. The van der Waals surface area contributed by atoms with Gasteiger partial charge in [0.2, 0.25) is 6.79 Å². The Morgan fingerprint density at radius 3 is 2.81 bits per heavy atom. The predicted molar refractivity (Wildman–Crippen MR) is 100 cm³/mol. The lowest BCUT2D eigenvalue weighted by molar-refractivity contribution is 0.174. The molecule has 1 aliphatic heterocycles. The molecule has 0 atom stereocenters. The van der Waals surface area contributed by atoms with Crippen molar-refractivity contribution in [2.24, 2.45) is 0 Å². The number of aryl methyl sites for hydroxylation is 1. The molecule has 0 aliphatic carbocycles. The summed E-state index contributed by atoms with van der Waals surface area (Å²) in [5.41, 5.74) is 5.04. The third kappa shape index (κ3) is 3.06. The van der Waals surface area contributed by atoms with E-state index < -0.39 is 0 Å². The zero-order chi connectivity index (χ0) is 17.4. The molecule has 0 amide bonds. The number of hydrogen-bond donors (Lipinski definition) is 1. The maximum Gasteiger partial charge on any atom is 0.231 e. The number of ether oxygens (including phenoxy) is 3. The Balaban J connectivity index is 0.00000196. The summed E-state index contributed by atoms with van der Waals surface area (Å²) >= 11 is 0. The van der Waals surface area contributed by atoms with Crippen molar-refractivity contribution in [3.8, 4) is 17.2 Å². The minimum Gasteiger partial charge on any atom is -0.487 e. The first kappa shape index (κ1) is 18.4. The summed E-state index contributed by atoms with van der Waals surface area (Å²) in [5, 5.41) is 9.39. The van der Waals surface area contributed by atoms with E-state index in [2.05, 4.69) is 9.55 Å². The largest absolute Gasteiger partial charge is 0.487 e. The molecule has 0 spiro atoms. The molecular formula is C19H21ClN2O4. The van der Waals surface area contributed by atoms with E-state index in [-0.39, 0.29) is 25.8 Å². The Kier molecular flexibility index (Phi) is 5.25. The van der Waals surface area contributed by atoms with Gasteiger partial charge in [0.05, 0.1) is 12.1 Å². The minimum atomic E-state index is 0. The third-order valence-corrected chi connectivity index (χ3v) is 4.61. The third-order valence-electron chi connectivity index (χ3n) is 4.61. The van der Waals surface area contributed by atoms with Crippen LogP contribution in [0.5, 0.6) is 17.2 Å². The van der Waals surface area contributed by atoms with E-state index in [1.54, 1.807) is 6.20 Å². The monoisotopic (exact) mass is 376 g/mol. The lowest BCUT2D eigenvalue weighted by atomic mass is 10.2. The molecule has 6 nitrogen and oxygen atoms in total. The van der Waals surface area contributed by atoms with Crippen LogP contribution < -0.4 is 14.2 Å². The van der Waals surface area contributed by atoms with Crippen LogP contribution in [-0.2, 0) is 13.2 Å². The van der Waals surface area contributed by atoms with Crippen LogP contribution in [0.25, 0.3) is 11.0 Å². The molecule has 7 heteroatoms. The van der Waals surface area contributed by atoms with Gasteiger partial charge in [0.1, 0.15) is 17.9 Å². The molecular weight excluding hydrogens is 356 g/mol. The fourth-order valence-corrected chi connectivity index (χ4v) is 3.20. The molecule has 26 heavy (non-hydrogen) atoms. The van der Waals surface area contributed by atoms with Gasteiger partial charge in [-0.05, 0) is 37.1 Å². The highest BCUT2D eigenvalue weighted by Crippen LogP contribution is 2.34. The molecule has 0 bridgehead atoms.